The Morgan fingerprint density at radius 3 is 2.33 bits per heavy atom. The average Bonchev–Trinajstić information content (AvgIpc) is 3.49. The number of rotatable bonds is 3. The molecule has 0 radical (unpaired) electrons. The summed E-state index contributed by atoms with van der Waals surface area (Å²) in [7, 11) is 0. The van der Waals surface area contributed by atoms with Crippen LogP contribution in [0.5, 0.6) is 5.75 Å². The molecular weight excluding hydrogens is 509 g/mol. The molecule has 0 saturated carbocycles. The van der Waals surface area contributed by atoms with Gasteiger partial charge in [0, 0.05) is 33.8 Å². The highest BCUT2D eigenvalue weighted by molar-refractivity contribution is 5.82. The molecule has 4 N–H and O–H groups in total. The zero-order valence-electron chi connectivity index (χ0n) is 22.3. The van der Waals surface area contributed by atoms with E-state index in [4.69, 9.17) is 19.8 Å². The van der Waals surface area contributed by atoms with Crippen molar-refractivity contribution in [2.45, 2.75) is 64.3 Å². The average molecular weight is 542 g/mol. The van der Waals surface area contributed by atoms with Gasteiger partial charge in [-0.3, -0.25) is 9.59 Å². The van der Waals surface area contributed by atoms with Gasteiger partial charge < -0.3 is 25.2 Å². The molecule has 1 saturated heterocycles. The minimum absolute atomic E-state index is 0.0680. The highest BCUT2D eigenvalue weighted by Gasteiger charge is 2.47. The van der Waals surface area contributed by atoms with Gasteiger partial charge in [0.05, 0.1) is 29.8 Å². The second kappa shape index (κ2) is 11.6. The van der Waals surface area contributed by atoms with E-state index in [0.717, 1.165) is 11.1 Å². The number of aromatic nitrogens is 6. The Balaban J connectivity index is 0.000000643. The van der Waals surface area contributed by atoms with Gasteiger partial charge in [-0.15, -0.1) is 15.3 Å². The lowest BCUT2D eigenvalue weighted by molar-refractivity contribution is -0.123. The summed E-state index contributed by atoms with van der Waals surface area (Å²) in [6.07, 6.45) is 2.82. The molecule has 13 heteroatoms. The summed E-state index contributed by atoms with van der Waals surface area (Å²) in [5.41, 5.74) is 2.50. The third-order valence-electron chi connectivity index (χ3n) is 6.46. The number of nitrogens with zero attached hydrogens (tertiary/aromatic N) is 6. The number of phenolic OH excluding ortho intramolecular Hbond substituents is 1. The van der Waals surface area contributed by atoms with Gasteiger partial charge in [0.15, 0.2) is 5.65 Å². The lowest BCUT2D eigenvalue weighted by Gasteiger charge is -2.49. The van der Waals surface area contributed by atoms with Gasteiger partial charge in [-0.25, -0.2) is 9.07 Å². The molecule has 2 atom stereocenters. The van der Waals surface area contributed by atoms with E-state index in [1.54, 1.807) is 29.2 Å². The summed E-state index contributed by atoms with van der Waals surface area (Å²) in [5.74, 6) is 0.0680. The standard InChI is InChI=1S/C24H28FN7O.2CH2O2/c1-14-10-15-11-18(17-7-6-16(12-20(17)33)31-9-8-26-30-31)27-28-22(15)32(14)19-13-23(2,3)29-24(4,5)21(19)25;2*2-1-3/h6-12,19,21,29,33H,13H2,1-5H3;2*1H,(H,2,3)/t19-,21-;;/m0../s1. The van der Waals surface area contributed by atoms with Crippen molar-refractivity contribution in [2.24, 2.45) is 0 Å². The van der Waals surface area contributed by atoms with Crippen molar-refractivity contribution < 1.29 is 29.3 Å². The number of phenols is 1. The zero-order valence-corrected chi connectivity index (χ0v) is 22.3. The normalized spacial score (nSPS) is 19.2. The van der Waals surface area contributed by atoms with Crippen molar-refractivity contribution >= 4 is 24.0 Å². The number of aryl methyl sites for hydroxylation is 1. The Morgan fingerprint density at radius 1 is 1.08 bits per heavy atom. The third-order valence-corrected chi connectivity index (χ3v) is 6.46. The summed E-state index contributed by atoms with van der Waals surface area (Å²) in [6.45, 7) is 9.49. The molecule has 0 amide bonds. The summed E-state index contributed by atoms with van der Waals surface area (Å²) >= 11 is 0. The topological polar surface area (TPSA) is 168 Å². The highest BCUT2D eigenvalue weighted by atomic mass is 19.1. The molecule has 4 heterocycles. The van der Waals surface area contributed by atoms with E-state index in [-0.39, 0.29) is 30.3 Å². The second-order valence-electron chi connectivity index (χ2n) is 10.3. The van der Waals surface area contributed by atoms with Crippen LogP contribution in [-0.2, 0) is 9.59 Å². The SMILES string of the molecule is Cc1cc2cc(-c3ccc(-n4ccnn4)cc3O)nnc2n1[C@H]1CC(C)(C)NC(C)(C)[C@H]1F.O=CO.O=CO. The zero-order chi connectivity index (χ0) is 29.0. The number of carboxylic acid groups (broad SMARTS) is 2. The second-order valence-corrected chi connectivity index (χ2v) is 10.3. The van der Waals surface area contributed by atoms with Crippen molar-refractivity contribution in [1.82, 2.24) is 35.1 Å². The largest absolute Gasteiger partial charge is 0.507 e. The van der Waals surface area contributed by atoms with Gasteiger partial charge in [-0.1, -0.05) is 5.21 Å². The number of alkyl halides is 1. The monoisotopic (exact) mass is 541 g/mol. The predicted octanol–water partition coefficient (Wildman–Crippen LogP) is 3.52. The maximum atomic E-state index is 15.6. The fourth-order valence-corrected chi connectivity index (χ4v) is 5.25. The molecule has 3 aromatic heterocycles. The van der Waals surface area contributed by atoms with Crippen molar-refractivity contribution in [1.29, 1.82) is 0 Å². The maximum Gasteiger partial charge on any atom is 0.290 e. The molecule has 0 aliphatic carbocycles. The van der Waals surface area contributed by atoms with Crippen molar-refractivity contribution in [3.63, 3.8) is 0 Å². The molecule has 1 fully saturated rings. The highest BCUT2D eigenvalue weighted by Crippen LogP contribution is 2.41. The molecule has 12 nitrogen and oxygen atoms in total. The van der Waals surface area contributed by atoms with Crippen LogP contribution in [0.15, 0.2) is 42.7 Å². The van der Waals surface area contributed by atoms with Crippen molar-refractivity contribution in [3.8, 4) is 22.7 Å². The summed E-state index contributed by atoms with van der Waals surface area (Å²) in [5, 5.41) is 45.3. The molecule has 0 bridgehead atoms. The van der Waals surface area contributed by atoms with Crippen LogP contribution in [0.1, 0.15) is 45.9 Å². The number of aromatic hydroxyl groups is 1. The lowest BCUT2D eigenvalue weighted by Crippen LogP contribution is -2.64. The first kappa shape index (κ1) is 29.2. The van der Waals surface area contributed by atoms with Crippen LogP contribution >= 0.6 is 0 Å². The first-order valence-electron chi connectivity index (χ1n) is 12.0. The summed E-state index contributed by atoms with van der Waals surface area (Å²) < 4.78 is 19.2. The van der Waals surface area contributed by atoms with Gasteiger partial charge in [0.25, 0.3) is 12.9 Å². The van der Waals surface area contributed by atoms with Crippen LogP contribution in [0.25, 0.3) is 28.0 Å². The summed E-state index contributed by atoms with van der Waals surface area (Å²) in [6, 6.07) is 8.76. The third kappa shape index (κ3) is 6.20. The lowest BCUT2D eigenvalue weighted by atomic mass is 9.78. The number of halogens is 1. The molecule has 1 aliphatic rings. The molecule has 0 unspecified atom stereocenters. The number of hydrogen-bond acceptors (Lipinski definition) is 8. The van der Waals surface area contributed by atoms with Crippen LogP contribution in [0.3, 0.4) is 0 Å². The van der Waals surface area contributed by atoms with Crippen LogP contribution in [0.2, 0.25) is 0 Å². The number of fused-ring (bicyclic) bond motifs is 1. The van der Waals surface area contributed by atoms with Crippen molar-refractivity contribution in [2.75, 3.05) is 0 Å². The molecule has 39 heavy (non-hydrogen) atoms. The quantitative estimate of drug-likeness (QED) is 0.282. The van der Waals surface area contributed by atoms with Gasteiger partial charge in [0.2, 0.25) is 0 Å². The van der Waals surface area contributed by atoms with E-state index < -0.39 is 11.7 Å². The number of nitrogens with one attached hydrogen (secondary N) is 1. The molecule has 208 valence electrons. The maximum absolute atomic E-state index is 15.6. The number of hydrogen-bond donors (Lipinski definition) is 4. The van der Waals surface area contributed by atoms with Crippen LogP contribution in [-0.4, -0.2) is 75.3 Å². The molecule has 4 aromatic rings. The summed E-state index contributed by atoms with van der Waals surface area (Å²) in [4.78, 5) is 16.7. The fourth-order valence-electron chi connectivity index (χ4n) is 5.25. The van der Waals surface area contributed by atoms with Crippen molar-refractivity contribution in [3.05, 3.63) is 48.4 Å². The predicted molar refractivity (Wildman–Crippen MR) is 142 cm³/mol. The Bertz CT molecular complexity index is 1430. The van der Waals surface area contributed by atoms with Crippen LogP contribution in [0, 0.1) is 6.92 Å². The first-order valence-corrected chi connectivity index (χ1v) is 12.0. The smallest absolute Gasteiger partial charge is 0.290 e. The Kier molecular flexibility index (Phi) is 8.64. The minimum atomic E-state index is -1.09. The van der Waals surface area contributed by atoms with Gasteiger partial charge in [0.1, 0.15) is 11.9 Å². The molecule has 5 rings (SSSR count). The van der Waals surface area contributed by atoms with E-state index in [1.165, 1.54) is 0 Å². The van der Waals surface area contributed by atoms with Gasteiger partial charge in [-0.2, -0.15) is 0 Å². The fraction of sp³-hybridized carbons (Fsp3) is 0.385. The number of carbonyl (C=O) groups is 2. The van der Waals surface area contributed by atoms with E-state index >= 15 is 4.39 Å². The number of benzene rings is 1. The Labute approximate surface area is 224 Å². The number of piperidine rings is 1. The van der Waals surface area contributed by atoms with E-state index in [0.29, 0.717) is 29.0 Å². The molecule has 0 spiro atoms. The van der Waals surface area contributed by atoms with E-state index in [1.807, 2.05) is 43.5 Å². The Morgan fingerprint density at radius 2 is 1.74 bits per heavy atom. The Hall–Kier alpha value is -4.39. The van der Waals surface area contributed by atoms with Gasteiger partial charge in [-0.05, 0) is 65.3 Å². The van der Waals surface area contributed by atoms with E-state index in [2.05, 4.69) is 39.7 Å². The minimum Gasteiger partial charge on any atom is -0.507 e. The van der Waals surface area contributed by atoms with E-state index in [9.17, 15) is 5.11 Å². The molecular formula is C26H32FN7O5. The molecule has 1 aromatic carbocycles. The molecule has 1 aliphatic heterocycles. The first-order chi connectivity index (χ1) is 18.4. The van der Waals surface area contributed by atoms with Gasteiger partial charge >= 0.3 is 0 Å². The van der Waals surface area contributed by atoms with Crippen LogP contribution < -0.4 is 5.32 Å². The van der Waals surface area contributed by atoms with Crippen LogP contribution in [0.4, 0.5) is 4.39 Å².